The summed E-state index contributed by atoms with van der Waals surface area (Å²) >= 11 is 0. The summed E-state index contributed by atoms with van der Waals surface area (Å²) in [6.07, 6.45) is 0.737. The van der Waals surface area contributed by atoms with Crippen molar-refractivity contribution in [1.29, 1.82) is 0 Å². The summed E-state index contributed by atoms with van der Waals surface area (Å²) in [7, 11) is 5.47. The highest BCUT2D eigenvalue weighted by molar-refractivity contribution is 5.79. The highest BCUT2D eigenvalue weighted by Crippen LogP contribution is 2.33. The first kappa shape index (κ1) is 24.1. The number of likely N-dealkylation sites (N-methyl/N-ethyl adjacent to an activating group) is 1. The van der Waals surface area contributed by atoms with Gasteiger partial charge in [0.25, 0.3) is 0 Å². The van der Waals surface area contributed by atoms with Gasteiger partial charge in [-0.2, -0.15) is 5.10 Å². The van der Waals surface area contributed by atoms with Gasteiger partial charge < -0.3 is 14.4 Å². The van der Waals surface area contributed by atoms with Gasteiger partial charge in [0.05, 0.1) is 42.4 Å². The Bertz CT molecular complexity index is 1060. The van der Waals surface area contributed by atoms with Crippen LogP contribution in [0.15, 0.2) is 12.1 Å². The predicted octanol–water partition coefficient (Wildman–Crippen LogP) is 4.03. The maximum atomic E-state index is 5.64. The Balaban J connectivity index is 2.17. The fourth-order valence-corrected chi connectivity index (χ4v) is 3.83. The molecule has 0 spiro atoms. The van der Waals surface area contributed by atoms with Crippen molar-refractivity contribution >= 4 is 11.2 Å². The van der Waals surface area contributed by atoms with E-state index in [-0.39, 0.29) is 6.04 Å². The second-order valence-corrected chi connectivity index (χ2v) is 8.49. The van der Waals surface area contributed by atoms with E-state index in [0.29, 0.717) is 18.4 Å². The molecule has 1 unspecified atom stereocenters. The fraction of sp³-hybridized carbons (Fsp3) is 0.583. The number of hydrogen-bond acceptors (Lipinski definition) is 7. The zero-order valence-electron chi connectivity index (χ0n) is 20.6. The molecule has 0 aromatic carbocycles. The van der Waals surface area contributed by atoms with Crippen molar-refractivity contribution in [3.63, 3.8) is 0 Å². The van der Waals surface area contributed by atoms with Gasteiger partial charge in [-0.15, -0.1) is 0 Å². The van der Waals surface area contributed by atoms with Gasteiger partial charge in [-0.1, -0.05) is 27.7 Å². The first-order chi connectivity index (χ1) is 15.3. The summed E-state index contributed by atoms with van der Waals surface area (Å²) in [5.74, 6) is 0.892. The first-order valence-electron chi connectivity index (χ1n) is 11.3. The maximum absolute atomic E-state index is 5.64. The Hall–Kier alpha value is -2.58. The number of methoxy groups -OCH3 is 2. The fourth-order valence-electron chi connectivity index (χ4n) is 3.83. The average Bonchev–Trinajstić information content (AvgIpc) is 3.12. The molecule has 0 saturated heterocycles. The third-order valence-corrected chi connectivity index (χ3v) is 5.79. The van der Waals surface area contributed by atoms with Crippen molar-refractivity contribution in [2.75, 3.05) is 41.0 Å². The Kier molecular flexibility index (Phi) is 7.79. The van der Waals surface area contributed by atoms with Gasteiger partial charge in [0.1, 0.15) is 5.52 Å². The number of rotatable bonds is 10. The molecule has 8 nitrogen and oxygen atoms in total. The third kappa shape index (κ3) is 4.76. The quantitative estimate of drug-likeness (QED) is 0.471. The Labute approximate surface area is 191 Å². The Morgan fingerprint density at radius 1 is 1.09 bits per heavy atom. The minimum Gasteiger partial charge on any atom is -0.480 e. The summed E-state index contributed by atoms with van der Waals surface area (Å²) in [5, 5.41) is 4.82. The van der Waals surface area contributed by atoms with Crippen LogP contribution in [0.25, 0.3) is 22.4 Å². The summed E-state index contributed by atoms with van der Waals surface area (Å²) in [6.45, 7) is 12.8. The van der Waals surface area contributed by atoms with Crippen LogP contribution in [0.4, 0.5) is 0 Å². The second-order valence-electron chi connectivity index (χ2n) is 8.49. The SMILES string of the molecule is CCc1nc2c(nc1-c1ccc(C(C)C)nc1OC)c(C)nn2C(COC)CN(C)CC. The van der Waals surface area contributed by atoms with E-state index in [0.717, 1.165) is 59.0 Å². The number of aryl methyl sites for hydroxylation is 2. The molecule has 0 bridgehead atoms. The topological polar surface area (TPSA) is 78.2 Å². The van der Waals surface area contributed by atoms with Gasteiger partial charge in [0.15, 0.2) is 5.65 Å². The minimum atomic E-state index is 0.0486. The summed E-state index contributed by atoms with van der Waals surface area (Å²) in [6, 6.07) is 4.13. The monoisotopic (exact) mass is 440 g/mol. The van der Waals surface area contributed by atoms with Crippen molar-refractivity contribution in [3.8, 4) is 17.1 Å². The second kappa shape index (κ2) is 10.4. The van der Waals surface area contributed by atoms with Crippen LogP contribution in [0, 0.1) is 6.92 Å². The summed E-state index contributed by atoms with van der Waals surface area (Å²) < 4.78 is 13.1. The zero-order chi connectivity index (χ0) is 23.4. The van der Waals surface area contributed by atoms with E-state index in [1.165, 1.54) is 0 Å². The molecule has 0 fully saturated rings. The van der Waals surface area contributed by atoms with Crippen molar-refractivity contribution < 1.29 is 9.47 Å². The Morgan fingerprint density at radius 3 is 2.44 bits per heavy atom. The number of hydrogen-bond donors (Lipinski definition) is 0. The van der Waals surface area contributed by atoms with Crippen molar-refractivity contribution in [1.82, 2.24) is 29.6 Å². The number of aromatic nitrogens is 5. The van der Waals surface area contributed by atoms with Crippen LogP contribution < -0.4 is 4.74 Å². The van der Waals surface area contributed by atoms with Gasteiger partial charge in [-0.25, -0.2) is 19.6 Å². The van der Waals surface area contributed by atoms with E-state index in [9.17, 15) is 0 Å². The average molecular weight is 441 g/mol. The summed E-state index contributed by atoms with van der Waals surface area (Å²) in [4.78, 5) is 17.0. The number of nitrogens with zero attached hydrogens (tertiary/aromatic N) is 6. The molecule has 1 atom stereocenters. The van der Waals surface area contributed by atoms with Gasteiger partial charge in [-0.05, 0) is 45.0 Å². The lowest BCUT2D eigenvalue weighted by atomic mass is 10.1. The van der Waals surface area contributed by atoms with Gasteiger partial charge >= 0.3 is 0 Å². The van der Waals surface area contributed by atoms with Crippen LogP contribution in [0.2, 0.25) is 0 Å². The molecule has 0 aliphatic heterocycles. The highest BCUT2D eigenvalue weighted by atomic mass is 16.5. The molecule has 0 aliphatic carbocycles. The van der Waals surface area contributed by atoms with Gasteiger partial charge in [0.2, 0.25) is 5.88 Å². The molecule has 0 amide bonds. The third-order valence-electron chi connectivity index (χ3n) is 5.79. The molecule has 174 valence electrons. The lowest BCUT2D eigenvalue weighted by Crippen LogP contribution is -2.31. The first-order valence-corrected chi connectivity index (χ1v) is 11.3. The predicted molar refractivity (Wildman–Crippen MR) is 127 cm³/mol. The zero-order valence-corrected chi connectivity index (χ0v) is 20.6. The van der Waals surface area contributed by atoms with E-state index in [4.69, 9.17) is 29.5 Å². The molecular weight excluding hydrogens is 404 g/mol. The van der Waals surface area contributed by atoms with Crippen LogP contribution in [-0.4, -0.2) is 70.6 Å². The molecule has 3 aromatic heterocycles. The number of fused-ring (bicyclic) bond motifs is 1. The van der Waals surface area contributed by atoms with Crippen molar-refractivity contribution in [2.45, 2.75) is 53.0 Å². The normalized spacial score (nSPS) is 12.8. The van der Waals surface area contributed by atoms with Crippen molar-refractivity contribution in [2.24, 2.45) is 0 Å². The van der Waals surface area contributed by atoms with Crippen LogP contribution in [0.3, 0.4) is 0 Å². The molecule has 8 heteroatoms. The lowest BCUT2D eigenvalue weighted by Gasteiger charge is -2.23. The molecule has 0 aliphatic rings. The highest BCUT2D eigenvalue weighted by Gasteiger charge is 2.23. The lowest BCUT2D eigenvalue weighted by molar-refractivity contribution is 0.129. The van der Waals surface area contributed by atoms with Crippen molar-refractivity contribution in [3.05, 3.63) is 29.2 Å². The molecule has 3 rings (SSSR count). The van der Waals surface area contributed by atoms with E-state index in [2.05, 4.69) is 39.6 Å². The van der Waals surface area contributed by atoms with Crippen LogP contribution in [0.1, 0.15) is 56.7 Å². The largest absolute Gasteiger partial charge is 0.480 e. The van der Waals surface area contributed by atoms with E-state index in [1.807, 2.05) is 23.7 Å². The van der Waals surface area contributed by atoms with Gasteiger partial charge in [0, 0.05) is 19.3 Å². The van der Waals surface area contributed by atoms with E-state index in [1.54, 1.807) is 14.2 Å². The number of ether oxygens (including phenoxy) is 2. The minimum absolute atomic E-state index is 0.0486. The Morgan fingerprint density at radius 2 is 1.84 bits per heavy atom. The molecule has 0 N–H and O–H groups in total. The number of pyridine rings is 1. The smallest absolute Gasteiger partial charge is 0.222 e. The molecule has 32 heavy (non-hydrogen) atoms. The van der Waals surface area contributed by atoms with Crippen LogP contribution in [0.5, 0.6) is 5.88 Å². The molecule has 0 radical (unpaired) electrons. The van der Waals surface area contributed by atoms with Crippen LogP contribution in [-0.2, 0) is 11.2 Å². The molecule has 3 heterocycles. The molecular formula is C24H36N6O2. The summed E-state index contributed by atoms with van der Waals surface area (Å²) in [5.41, 5.74) is 5.99. The van der Waals surface area contributed by atoms with Crippen LogP contribution >= 0.6 is 0 Å². The molecule has 0 saturated carbocycles. The maximum Gasteiger partial charge on any atom is 0.222 e. The molecule has 3 aromatic rings. The van der Waals surface area contributed by atoms with E-state index >= 15 is 0 Å². The standard InChI is InChI=1S/C24H36N6O2/c1-9-19-22(18-11-12-20(15(3)4)26-24(18)32-8)27-21-16(5)28-30(23(21)25-19)17(14-31-7)13-29(6)10-2/h11-12,15,17H,9-10,13-14H2,1-8H3. The van der Waals surface area contributed by atoms with Gasteiger partial charge in [-0.3, -0.25) is 0 Å². The van der Waals surface area contributed by atoms with E-state index < -0.39 is 0 Å².